The smallest absolute Gasteiger partial charge is 0.404 e. The lowest BCUT2D eigenvalue weighted by Gasteiger charge is -2.40. The molecule has 0 amide bonds. The fourth-order valence-corrected chi connectivity index (χ4v) is 2.02. The highest BCUT2D eigenvalue weighted by atomic mass is 19.4. The number of carboxylic acid groups (broad SMARTS) is 1. The van der Waals surface area contributed by atoms with Gasteiger partial charge in [-0.3, -0.25) is 9.69 Å². The second kappa shape index (κ2) is 5.68. The predicted octanol–water partition coefficient (Wildman–Crippen LogP) is 1.50. The van der Waals surface area contributed by atoms with Crippen molar-refractivity contribution in [1.29, 1.82) is 0 Å². The summed E-state index contributed by atoms with van der Waals surface area (Å²) in [6.45, 7) is 2.32. The Labute approximate surface area is 97.3 Å². The second-order valence-corrected chi connectivity index (χ2v) is 4.03. The van der Waals surface area contributed by atoms with Gasteiger partial charge in [-0.25, -0.2) is 0 Å². The Morgan fingerprint density at radius 3 is 2.71 bits per heavy atom. The van der Waals surface area contributed by atoms with Gasteiger partial charge in [-0.05, 0) is 6.42 Å². The topological polar surface area (TPSA) is 49.8 Å². The van der Waals surface area contributed by atoms with E-state index in [1.165, 1.54) is 4.90 Å². The van der Waals surface area contributed by atoms with Crippen LogP contribution in [0.2, 0.25) is 0 Å². The van der Waals surface area contributed by atoms with Crippen molar-refractivity contribution < 1.29 is 27.8 Å². The normalized spacial score (nSPS) is 24.6. The summed E-state index contributed by atoms with van der Waals surface area (Å²) in [7, 11) is 0. The lowest BCUT2D eigenvalue weighted by molar-refractivity contribution is -0.206. The van der Waals surface area contributed by atoms with E-state index in [0.717, 1.165) is 0 Å². The Hall–Kier alpha value is -0.820. The third-order valence-corrected chi connectivity index (χ3v) is 2.89. The van der Waals surface area contributed by atoms with Gasteiger partial charge in [-0.2, -0.15) is 13.2 Å². The first kappa shape index (κ1) is 14.2. The number of ether oxygens (including phenoxy) is 1. The van der Waals surface area contributed by atoms with Crippen LogP contribution in [0.15, 0.2) is 0 Å². The largest absolute Gasteiger partial charge is 0.481 e. The molecule has 1 heterocycles. The fraction of sp³-hybridized carbons (Fsp3) is 0.900. The number of alkyl halides is 3. The summed E-state index contributed by atoms with van der Waals surface area (Å²) < 4.78 is 43.6. The van der Waals surface area contributed by atoms with E-state index in [2.05, 4.69) is 0 Å². The highest BCUT2D eigenvalue weighted by Gasteiger charge is 2.47. The van der Waals surface area contributed by atoms with Crippen LogP contribution in [0, 0.1) is 0 Å². The molecule has 1 aliphatic heterocycles. The maximum Gasteiger partial charge on any atom is 0.404 e. The van der Waals surface area contributed by atoms with Gasteiger partial charge in [-0.1, -0.05) is 6.92 Å². The zero-order chi connectivity index (χ0) is 13.1. The molecule has 0 aromatic rings. The highest BCUT2D eigenvalue weighted by molar-refractivity contribution is 5.67. The summed E-state index contributed by atoms with van der Waals surface area (Å²) in [5.74, 6) is -1.44. The van der Waals surface area contributed by atoms with Crippen LogP contribution >= 0.6 is 0 Å². The Bertz CT molecular complexity index is 270. The van der Waals surface area contributed by atoms with Crippen molar-refractivity contribution in [3.8, 4) is 0 Å². The molecule has 1 saturated heterocycles. The summed E-state index contributed by atoms with van der Waals surface area (Å²) in [4.78, 5) is 11.7. The molecule has 1 aliphatic rings. The van der Waals surface area contributed by atoms with Gasteiger partial charge in [0.2, 0.25) is 0 Å². The molecule has 0 aromatic carbocycles. The van der Waals surface area contributed by atoms with Gasteiger partial charge in [0.1, 0.15) is 6.04 Å². The molecule has 0 aliphatic carbocycles. The van der Waals surface area contributed by atoms with Crippen molar-refractivity contribution in [1.82, 2.24) is 4.90 Å². The zero-order valence-electron chi connectivity index (χ0n) is 9.54. The second-order valence-electron chi connectivity index (χ2n) is 4.03. The van der Waals surface area contributed by atoms with Crippen molar-refractivity contribution in [3.05, 3.63) is 0 Å². The van der Waals surface area contributed by atoms with Crippen molar-refractivity contribution in [3.63, 3.8) is 0 Å². The van der Waals surface area contributed by atoms with Gasteiger partial charge >= 0.3 is 12.1 Å². The molecule has 7 heteroatoms. The number of hydrogen-bond acceptors (Lipinski definition) is 3. The van der Waals surface area contributed by atoms with E-state index < -0.39 is 24.6 Å². The molecule has 0 spiro atoms. The number of halogens is 3. The van der Waals surface area contributed by atoms with Crippen molar-refractivity contribution >= 4 is 5.97 Å². The molecule has 1 rings (SSSR count). The van der Waals surface area contributed by atoms with Crippen LogP contribution < -0.4 is 0 Å². The van der Waals surface area contributed by atoms with Crippen LogP contribution in [-0.2, 0) is 9.53 Å². The van der Waals surface area contributed by atoms with Crippen LogP contribution in [0.4, 0.5) is 13.2 Å². The van der Waals surface area contributed by atoms with Crippen molar-refractivity contribution in [2.24, 2.45) is 0 Å². The summed E-state index contributed by atoms with van der Waals surface area (Å²) in [5, 5.41) is 8.58. The summed E-state index contributed by atoms with van der Waals surface area (Å²) in [6, 6.07) is -2.29. The van der Waals surface area contributed by atoms with Crippen LogP contribution in [0.1, 0.15) is 19.8 Å². The van der Waals surface area contributed by atoms with E-state index in [4.69, 9.17) is 9.84 Å². The quantitative estimate of drug-likeness (QED) is 0.827. The minimum atomic E-state index is -4.52. The summed E-state index contributed by atoms with van der Waals surface area (Å²) in [6.07, 6.45) is -4.94. The first-order valence-corrected chi connectivity index (χ1v) is 5.48. The molecule has 1 N–H and O–H groups in total. The number of aliphatic carboxylic acids is 1. The molecule has 2 unspecified atom stereocenters. The van der Waals surface area contributed by atoms with Gasteiger partial charge in [0, 0.05) is 12.6 Å². The van der Waals surface area contributed by atoms with E-state index >= 15 is 0 Å². The highest BCUT2D eigenvalue weighted by Crippen LogP contribution is 2.30. The van der Waals surface area contributed by atoms with Gasteiger partial charge in [0.25, 0.3) is 0 Å². The van der Waals surface area contributed by atoms with E-state index in [1.807, 2.05) is 0 Å². The van der Waals surface area contributed by atoms with Crippen LogP contribution in [0.25, 0.3) is 0 Å². The first-order valence-electron chi connectivity index (χ1n) is 5.48. The number of morpholine rings is 1. The van der Waals surface area contributed by atoms with Gasteiger partial charge in [0.15, 0.2) is 0 Å². The van der Waals surface area contributed by atoms with E-state index in [0.29, 0.717) is 6.42 Å². The molecular formula is C10H16F3NO3. The molecular weight excluding hydrogens is 239 g/mol. The monoisotopic (exact) mass is 255 g/mol. The van der Waals surface area contributed by atoms with Gasteiger partial charge < -0.3 is 9.84 Å². The average molecular weight is 255 g/mol. The van der Waals surface area contributed by atoms with Crippen LogP contribution in [0.5, 0.6) is 0 Å². The lowest BCUT2D eigenvalue weighted by Crippen LogP contribution is -2.56. The molecule has 2 atom stereocenters. The molecule has 1 fully saturated rings. The van der Waals surface area contributed by atoms with E-state index in [9.17, 15) is 18.0 Å². The molecule has 0 radical (unpaired) electrons. The molecule has 0 aromatic heterocycles. The van der Waals surface area contributed by atoms with Gasteiger partial charge in [0.05, 0.1) is 19.6 Å². The van der Waals surface area contributed by atoms with Crippen molar-refractivity contribution in [2.45, 2.75) is 38.0 Å². The first-order chi connectivity index (χ1) is 7.86. The predicted molar refractivity (Wildman–Crippen MR) is 53.7 cm³/mol. The maximum atomic E-state index is 12.8. The molecule has 4 nitrogen and oxygen atoms in total. The standard InChI is InChI=1S/C10H16F3NO3/c1-2-7-6-17-4-3-14(7)8(5-9(15)16)10(11,12)13/h7-8H,2-6H2,1H3,(H,15,16). The third-order valence-electron chi connectivity index (χ3n) is 2.89. The van der Waals surface area contributed by atoms with Gasteiger partial charge in [-0.15, -0.1) is 0 Å². The average Bonchev–Trinajstić information content (AvgIpc) is 2.24. The van der Waals surface area contributed by atoms with Crippen LogP contribution in [-0.4, -0.2) is 54.0 Å². The Balaban J connectivity index is 2.83. The number of carbonyl (C=O) groups is 1. The van der Waals surface area contributed by atoms with Crippen LogP contribution in [0.3, 0.4) is 0 Å². The molecule has 17 heavy (non-hydrogen) atoms. The Morgan fingerprint density at radius 1 is 1.59 bits per heavy atom. The minimum Gasteiger partial charge on any atom is -0.481 e. The van der Waals surface area contributed by atoms with Crippen molar-refractivity contribution in [2.75, 3.05) is 19.8 Å². The van der Waals surface area contributed by atoms with E-state index in [1.54, 1.807) is 6.92 Å². The summed E-state index contributed by atoms with van der Waals surface area (Å²) >= 11 is 0. The van der Waals surface area contributed by atoms with E-state index in [-0.39, 0.29) is 25.8 Å². The maximum absolute atomic E-state index is 12.8. The number of hydrogen-bond donors (Lipinski definition) is 1. The number of rotatable bonds is 4. The zero-order valence-corrected chi connectivity index (χ0v) is 9.54. The molecule has 0 saturated carbocycles. The number of carboxylic acids is 1. The lowest BCUT2D eigenvalue weighted by atomic mass is 10.1. The molecule has 0 bridgehead atoms. The SMILES string of the molecule is CCC1COCCN1C(CC(=O)O)C(F)(F)F. The Kier molecular flexibility index (Phi) is 4.76. The number of nitrogens with zero attached hydrogens (tertiary/aromatic N) is 1. The summed E-state index contributed by atoms with van der Waals surface area (Å²) in [5.41, 5.74) is 0. The minimum absolute atomic E-state index is 0.121. The molecule has 100 valence electrons. The third kappa shape index (κ3) is 3.85. The Morgan fingerprint density at radius 2 is 2.24 bits per heavy atom. The fourth-order valence-electron chi connectivity index (χ4n) is 2.02.